The Labute approximate surface area is 133 Å². The number of thioether (sulfide) groups is 1. The van der Waals surface area contributed by atoms with Gasteiger partial charge in [-0.2, -0.15) is 0 Å². The topological polar surface area (TPSA) is 68.3 Å². The van der Waals surface area contributed by atoms with E-state index < -0.39 is 5.97 Å². The van der Waals surface area contributed by atoms with Crippen molar-refractivity contribution in [1.29, 1.82) is 0 Å². The molecule has 5 nitrogen and oxygen atoms in total. The quantitative estimate of drug-likeness (QED) is 0.655. The molecule has 0 fully saturated rings. The van der Waals surface area contributed by atoms with E-state index in [0.29, 0.717) is 5.69 Å². The molecular formula is C16H16N2O3S. The van der Waals surface area contributed by atoms with Gasteiger partial charge in [-0.1, -0.05) is 17.7 Å². The highest BCUT2D eigenvalue weighted by Crippen LogP contribution is 2.16. The minimum Gasteiger partial charge on any atom is -0.455 e. The van der Waals surface area contributed by atoms with Gasteiger partial charge in [-0.25, -0.2) is 0 Å². The van der Waals surface area contributed by atoms with Crippen molar-refractivity contribution in [2.45, 2.75) is 11.8 Å². The number of anilines is 1. The Bertz CT molecular complexity index is 630. The summed E-state index contributed by atoms with van der Waals surface area (Å²) >= 11 is 1.34. The Balaban J connectivity index is 1.69. The van der Waals surface area contributed by atoms with Crippen LogP contribution in [0.25, 0.3) is 0 Å². The second kappa shape index (κ2) is 8.19. The smallest absolute Gasteiger partial charge is 0.316 e. The Morgan fingerprint density at radius 3 is 2.50 bits per heavy atom. The van der Waals surface area contributed by atoms with Gasteiger partial charge in [0.05, 0.1) is 5.75 Å². The number of amides is 1. The molecule has 1 aromatic heterocycles. The molecule has 2 aromatic rings. The molecule has 22 heavy (non-hydrogen) atoms. The summed E-state index contributed by atoms with van der Waals surface area (Å²) in [5.74, 6) is -0.631. The Morgan fingerprint density at radius 1 is 1.14 bits per heavy atom. The van der Waals surface area contributed by atoms with Crippen LogP contribution in [0.1, 0.15) is 5.56 Å². The first-order chi connectivity index (χ1) is 10.6. The van der Waals surface area contributed by atoms with Crippen LogP contribution in [0.3, 0.4) is 0 Å². The molecule has 1 aromatic carbocycles. The van der Waals surface area contributed by atoms with Crippen LogP contribution in [0.15, 0.2) is 53.7 Å². The molecule has 1 heterocycles. The minimum atomic E-state index is -0.430. The monoisotopic (exact) mass is 316 g/mol. The SMILES string of the molecule is Cc1ccc(NC(=O)COC(=O)CSc2ccncc2)cc1. The van der Waals surface area contributed by atoms with Crippen LogP contribution < -0.4 is 5.32 Å². The van der Waals surface area contributed by atoms with Crippen molar-refractivity contribution in [2.75, 3.05) is 17.7 Å². The number of aromatic nitrogens is 1. The average molecular weight is 316 g/mol. The number of carbonyl (C=O) groups excluding carboxylic acids is 2. The molecule has 0 unspecified atom stereocenters. The lowest BCUT2D eigenvalue weighted by molar-refractivity contribution is -0.144. The molecule has 1 amide bonds. The molecular weight excluding hydrogens is 300 g/mol. The van der Waals surface area contributed by atoms with Crippen molar-refractivity contribution in [3.8, 4) is 0 Å². The summed E-state index contributed by atoms with van der Waals surface area (Å²) in [6.45, 7) is 1.68. The standard InChI is InChI=1S/C16H16N2O3S/c1-12-2-4-13(5-3-12)18-15(19)10-21-16(20)11-22-14-6-8-17-9-7-14/h2-9H,10-11H2,1H3,(H,18,19). The molecule has 0 spiro atoms. The van der Waals surface area contributed by atoms with E-state index >= 15 is 0 Å². The molecule has 0 atom stereocenters. The normalized spacial score (nSPS) is 10.0. The molecule has 0 bridgehead atoms. The van der Waals surface area contributed by atoms with E-state index in [2.05, 4.69) is 10.3 Å². The number of carbonyl (C=O) groups is 2. The van der Waals surface area contributed by atoms with E-state index in [1.54, 1.807) is 24.5 Å². The zero-order valence-corrected chi connectivity index (χ0v) is 12.9. The van der Waals surface area contributed by atoms with Crippen LogP contribution in [0.4, 0.5) is 5.69 Å². The van der Waals surface area contributed by atoms with Gasteiger partial charge in [0.15, 0.2) is 6.61 Å². The first kappa shape index (κ1) is 16.0. The molecule has 6 heteroatoms. The van der Waals surface area contributed by atoms with Gasteiger partial charge in [-0.05, 0) is 31.2 Å². The lowest BCUT2D eigenvalue weighted by Crippen LogP contribution is -2.21. The number of hydrogen-bond acceptors (Lipinski definition) is 5. The number of nitrogens with one attached hydrogen (secondary N) is 1. The number of aryl methyl sites for hydroxylation is 1. The summed E-state index contributed by atoms with van der Waals surface area (Å²) in [5, 5.41) is 2.67. The maximum absolute atomic E-state index is 11.7. The zero-order valence-electron chi connectivity index (χ0n) is 12.1. The largest absolute Gasteiger partial charge is 0.455 e. The summed E-state index contributed by atoms with van der Waals surface area (Å²) in [6.07, 6.45) is 3.31. The van der Waals surface area contributed by atoms with Gasteiger partial charge in [-0.15, -0.1) is 11.8 Å². The second-order valence-corrected chi connectivity index (χ2v) is 5.60. The Morgan fingerprint density at radius 2 is 1.82 bits per heavy atom. The number of esters is 1. The highest BCUT2D eigenvalue weighted by Gasteiger charge is 2.08. The number of ether oxygens (including phenoxy) is 1. The maximum Gasteiger partial charge on any atom is 0.316 e. The fraction of sp³-hybridized carbons (Fsp3) is 0.188. The average Bonchev–Trinajstić information content (AvgIpc) is 2.54. The molecule has 114 valence electrons. The zero-order chi connectivity index (χ0) is 15.8. The molecule has 0 radical (unpaired) electrons. The lowest BCUT2D eigenvalue weighted by Gasteiger charge is -2.07. The van der Waals surface area contributed by atoms with E-state index in [1.165, 1.54) is 11.8 Å². The van der Waals surface area contributed by atoms with Crippen LogP contribution in [0.2, 0.25) is 0 Å². The predicted octanol–water partition coefficient (Wildman–Crippen LogP) is 2.66. The summed E-state index contributed by atoms with van der Waals surface area (Å²) in [5.41, 5.74) is 1.79. The molecule has 0 aliphatic heterocycles. The van der Waals surface area contributed by atoms with Crippen molar-refractivity contribution in [1.82, 2.24) is 4.98 Å². The van der Waals surface area contributed by atoms with Crippen molar-refractivity contribution < 1.29 is 14.3 Å². The van der Waals surface area contributed by atoms with Crippen LogP contribution in [-0.2, 0) is 14.3 Å². The van der Waals surface area contributed by atoms with Gasteiger partial charge < -0.3 is 10.1 Å². The van der Waals surface area contributed by atoms with Crippen LogP contribution in [0, 0.1) is 6.92 Å². The molecule has 1 N–H and O–H groups in total. The molecule has 0 aliphatic carbocycles. The Kier molecular flexibility index (Phi) is 5.97. The van der Waals surface area contributed by atoms with Crippen molar-refractivity contribution >= 4 is 29.3 Å². The van der Waals surface area contributed by atoms with Gasteiger partial charge >= 0.3 is 5.97 Å². The first-order valence-electron chi connectivity index (χ1n) is 6.68. The van der Waals surface area contributed by atoms with Crippen LogP contribution in [0.5, 0.6) is 0 Å². The van der Waals surface area contributed by atoms with Gasteiger partial charge in [0.1, 0.15) is 0 Å². The summed E-state index contributed by atoms with van der Waals surface area (Å²) in [4.78, 5) is 28.1. The van der Waals surface area contributed by atoms with Crippen molar-refractivity contribution in [3.63, 3.8) is 0 Å². The number of nitrogens with zero attached hydrogens (tertiary/aromatic N) is 1. The lowest BCUT2D eigenvalue weighted by atomic mass is 10.2. The van der Waals surface area contributed by atoms with E-state index in [4.69, 9.17) is 4.74 Å². The predicted molar refractivity (Wildman–Crippen MR) is 85.7 cm³/mol. The second-order valence-electron chi connectivity index (χ2n) is 4.55. The molecule has 0 saturated heterocycles. The number of pyridine rings is 1. The molecule has 0 saturated carbocycles. The molecule has 0 aliphatic rings. The fourth-order valence-corrected chi connectivity index (χ4v) is 2.28. The van der Waals surface area contributed by atoms with Gasteiger partial charge in [0.2, 0.25) is 0 Å². The summed E-state index contributed by atoms with van der Waals surface area (Å²) < 4.78 is 4.93. The third-order valence-corrected chi connectivity index (χ3v) is 3.69. The van der Waals surface area contributed by atoms with Crippen LogP contribution in [-0.4, -0.2) is 29.2 Å². The van der Waals surface area contributed by atoms with E-state index in [1.807, 2.05) is 31.2 Å². The number of benzene rings is 1. The maximum atomic E-state index is 11.7. The molecule has 2 rings (SSSR count). The highest BCUT2D eigenvalue weighted by molar-refractivity contribution is 8.00. The third kappa shape index (κ3) is 5.57. The minimum absolute atomic E-state index is 0.155. The van der Waals surface area contributed by atoms with Gasteiger partial charge in [-0.3, -0.25) is 14.6 Å². The van der Waals surface area contributed by atoms with E-state index in [-0.39, 0.29) is 18.3 Å². The van der Waals surface area contributed by atoms with Gasteiger partial charge in [0.25, 0.3) is 5.91 Å². The van der Waals surface area contributed by atoms with E-state index in [0.717, 1.165) is 10.5 Å². The first-order valence-corrected chi connectivity index (χ1v) is 7.67. The van der Waals surface area contributed by atoms with Crippen LogP contribution >= 0.6 is 11.8 Å². The summed E-state index contributed by atoms with van der Waals surface area (Å²) in [6, 6.07) is 11.0. The number of rotatable bonds is 6. The Hall–Kier alpha value is -2.34. The highest BCUT2D eigenvalue weighted by atomic mass is 32.2. The fourth-order valence-electron chi connectivity index (χ4n) is 1.60. The van der Waals surface area contributed by atoms with Crippen molar-refractivity contribution in [2.24, 2.45) is 0 Å². The number of hydrogen-bond donors (Lipinski definition) is 1. The van der Waals surface area contributed by atoms with E-state index in [9.17, 15) is 9.59 Å². The summed E-state index contributed by atoms with van der Waals surface area (Å²) in [7, 11) is 0. The third-order valence-electron chi connectivity index (χ3n) is 2.71. The van der Waals surface area contributed by atoms with Crippen molar-refractivity contribution in [3.05, 3.63) is 54.4 Å². The van der Waals surface area contributed by atoms with Gasteiger partial charge in [0, 0.05) is 23.0 Å².